The summed E-state index contributed by atoms with van der Waals surface area (Å²) in [5, 5.41) is 15.6. The molecule has 96 valence electrons. The fourth-order valence-electron chi connectivity index (χ4n) is 1.89. The standard InChI is InChI=1S/C12H14ClN3OS/c1-8(17)11(9-5-3-4-6-10(9)13)16-12(18-2)14-7-15-16/h3-8,11,17H,1-2H3. The van der Waals surface area contributed by atoms with E-state index in [0.717, 1.165) is 10.7 Å². The maximum atomic E-state index is 10.0. The Kier molecular flexibility index (Phi) is 4.27. The van der Waals surface area contributed by atoms with Crippen LogP contribution in [0.25, 0.3) is 0 Å². The molecule has 0 fully saturated rings. The van der Waals surface area contributed by atoms with Gasteiger partial charge in [0.15, 0.2) is 5.16 Å². The molecule has 18 heavy (non-hydrogen) atoms. The van der Waals surface area contributed by atoms with Gasteiger partial charge in [0.1, 0.15) is 12.4 Å². The molecule has 0 spiro atoms. The molecule has 1 heterocycles. The lowest BCUT2D eigenvalue weighted by molar-refractivity contribution is 0.137. The van der Waals surface area contributed by atoms with Crippen molar-refractivity contribution in [2.45, 2.75) is 24.2 Å². The summed E-state index contributed by atoms with van der Waals surface area (Å²) in [6, 6.07) is 7.13. The first-order valence-electron chi connectivity index (χ1n) is 5.51. The molecule has 2 atom stereocenters. The smallest absolute Gasteiger partial charge is 0.186 e. The second kappa shape index (κ2) is 5.73. The molecule has 1 aromatic heterocycles. The van der Waals surface area contributed by atoms with Crippen molar-refractivity contribution in [3.05, 3.63) is 41.2 Å². The number of hydrogen-bond donors (Lipinski definition) is 1. The van der Waals surface area contributed by atoms with Crippen molar-refractivity contribution in [1.82, 2.24) is 14.8 Å². The third kappa shape index (κ3) is 2.53. The van der Waals surface area contributed by atoms with E-state index in [1.807, 2.05) is 30.5 Å². The maximum absolute atomic E-state index is 10.0. The Bertz CT molecular complexity index is 530. The van der Waals surface area contributed by atoms with Crippen LogP contribution in [0.2, 0.25) is 5.02 Å². The zero-order chi connectivity index (χ0) is 13.1. The van der Waals surface area contributed by atoms with E-state index >= 15 is 0 Å². The Hall–Kier alpha value is -1.04. The Morgan fingerprint density at radius 3 is 2.72 bits per heavy atom. The van der Waals surface area contributed by atoms with E-state index in [9.17, 15) is 5.11 Å². The largest absolute Gasteiger partial charge is 0.391 e. The number of hydrogen-bond acceptors (Lipinski definition) is 4. The average Bonchev–Trinajstić information content (AvgIpc) is 2.79. The molecule has 1 N–H and O–H groups in total. The molecule has 0 aliphatic rings. The van der Waals surface area contributed by atoms with Crippen LogP contribution in [0.1, 0.15) is 18.5 Å². The van der Waals surface area contributed by atoms with Gasteiger partial charge in [-0.05, 0) is 24.8 Å². The van der Waals surface area contributed by atoms with Crippen LogP contribution in [0.15, 0.2) is 35.7 Å². The van der Waals surface area contributed by atoms with Gasteiger partial charge in [-0.3, -0.25) is 0 Å². The minimum atomic E-state index is -0.613. The van der Waals surface area contributed by atoms with E-state index in [1.165, 1.54) is 18.1 Å². The maximum Gasteiger partial charge on any atom is 0.186 e. The van der Waals surface area contributed by atoms with Gasteiger partial charge in [0.05, 0.1) is 6.10 Å². The molecule has 0 saturated heterocycles. The van der Waals surface area contributed by atoms with Crippen molar-refractivity contribution in [1.29, 1.82) is 0 Å². The average molecular weight is 284 g/mol. The number of halogens is 1. The number of aliphatic hydroxyl groups excluding tert-OH is 1. The summed E-state index contributed by atoms with van der Waals surface area (Å²) in [5.41, 5.74) is 0.843. The number of nitrogens with zero attached hydrogens (tertiary/aromatic N) is 3. The van der Waals surface area contributed by atoms with Crippen LogP contribution >= 0.6 is 23.4 Å². The van der Waals surface area contributed by atoms with Crippen molar-refractivity contribution in [2.75, 3.05) is 6.26 Å². The summed E-state index contributed by atoms with van der Waals surface area (Å²) in [7, 11) is 0. The van der Waals surface area contributed by atoms with Crippen LogP contribution in [-0.4, -0.2) is 32.2 Å². The number of rotatable bonds is 4. The van der Waals surface area contributed by atoms with Crippen LogP contribution in [-0.2, 0) is 0 Å². The normalized spacial score (nSPS) is 14.4. The van der Waals surface area contributed by atoms with Gasteiger partial charge in [-0.2, -0.15) is 5.10 Å². The zero-order valence-electron chi connectivity index (χ0n) is 10.1. The van der Waals surface area contributed by atoms with Gasteiger partial charge in [-0.25, -0.2) is 9.67 Å². The Morgan fingerprint density at radius 1 is 1.39 bits per heavy atom. The molecule has 0 bridgehead atoms. The third-order valence-electron chi connectivity index (χ3n) is 2.67. The highest BCUT2D eigenvalue weighted by molar-refractivity contribution is 7.98. The van der Waals surface area contributed by atoms with Crippen LogP contribution in [0.5, 0.6) is 0 Å². The van der Waals surface area contributed by atoms with Crippen LogP contribution < -0.4 is 0 Å². The van der Waals surface area contributed by atoms with Crippen LogP contribution in [0, 0.1) is 0 Å². The third-order valence-corrected chi connectivity index (χ3v) is 3.67. The summed E-state index contributed by atoms with van der Waals surface area (Å²) in [5.74, 6) is 0. The summed E-state index contributed by atoms with van der Waals surface area (Å²) in [4.78, 5) is 4.15. The fourth-order valence-corrected chi connectivity index (χ4v) is 2.64. The quantitative estimate of drug-likeness (QED) is 0.877. The van der Waals surface area contributed by atoms with Gasteiger partial charge in [-0.15, -0.1) is 0 Å². The van der Waals surface area contributed by atoms with Crippen molar-refractivity contribution in [3.8, 4) is 0 Å². The van der Waals surface area contributed by atoms with Gasteiger partial charge < -0.3 is 5.11 Å². The molecule has 2 aromatic rings. The summed E-state index contributed by atoms with van der Waals surface area (Å²) >= 11 is 7.68. The molecule has 2 rings (SSSR count). The van der Waals surface area contributed by atoms with Crippen molar-refractivity contribution < 1.29 is 5.11 Å². The van der Waals surface area contributed by atoms with Crippen molar-refractivity contribution in [3.63, 3.8) is 0 Å². The lowest BCUT2D eigenvalue weighted by atomic mass is 10.0. The van der Waals surface area contributed by atoms with Crippen LogP contribution in [0.4, 0.5) is 0 Å². The minimum Gasteiger partial charge on any atom is -0.391 e. The van der Waals surface area contributed by atoms with E-state index in [4.69, 9.17) is 11.6 Å². The van der Waals surface area contributed by atoms with Crippen molar-refractivity contribution in [2.24, 2.45) is 0 Å². The van der Waals surface area contributed by atoms with E-state index in [0.29, 0.717) is 5.02 Å². The first-order valence-corrected chi connectivity index (χ1v) is 7.11. The topological polar surface area (TPSA) is 50.9 Å². The zero-order valence-corrected chi connectivity index (χ0v) is 11.7. The van der Waals surface area contributed by atoms with E-state index in [-0.39, 0.29) is 6.04 Å². The molecule has 0 saturated carbocycles. The monoisotopic (exact) mass is 283 g/mol. The molecule has 1 aromatic carbocycles. The lowest BCUT2D eigenvalue weighted by Crippen LogP contribution is -2.24. The fraction of sp³-hybridized carbons (Fsp3) is 0.333. The lowest BCUT2D eigenvalue weighted by Gasteiger charge is -2.22. The number of aliphatic hydroxyl groups is 1. The molecular weight excluding hydrogens is 270 g/mol. The molecule has 0 radical (unpaired) electrons. The Morgan fingerprint density at radius 2 is 2.11 bits per heavy atom. The molecular formula is C12H14ClN3OS. The SMILES string of the molecule is CSc1ncnn1C(c1ccccc1Cl)C(C)O. The molecule has 0 amide bonds. The predicted octanol–water partition coefficient (Wildman–Crippen LogP) is 2.62. The second-order valence-corrected chi connectivity index (χ2v) is 5.08. The Balaban J connectivity index is 2.51. The summed E-state index contributed by atoms with van der Waals surface area (Å²) < 4.78 is 1.70. The first-order chi connectivity index (χ1) is 8.65. The number of aromatic nitrogens is 3. The van der Waals surface area contributed by atoms with Crippen LogP contribution in [0.3, 0.4) is 0 Å². The van der Waals surface area contributed by atoms with E-state index in [2.05, 4.69) is 10.1 Å². The highest BCUT2D eigenvalue weighted by Crippen LogP contribution is 2.30. The highest BCUT2D eigenvalue weighted by Gasteiger charge is 2.24. The van der Waals surface area contributed by atoms with Gasteiger partial charge >= 0.3 is 0 Å². The van der Waals surface area contributed by atoms with Gasteiger partial charge in [0.25, 0.3) is 0 Å². The molecule has 4 nitrogen and oxygen atoms in total. The van der Waals surface area contributed by atoms with E-state index in [1.54, 1.807) is 11.6 Å². The van der Waals surface area contributed by atoms with Gasteiger partial charge in [0.2, 0.25) is 0 Å². The molecule has 0 aliphatic carbocycles. The predicted molar refractivity (Wildman–Crippen MR) is 73.1 cm³/mol. The molecule has 6 heteroatoms. The number of benzene rings is 1. The van der Waals surface area contributed by atoms with Gasteiger partial charge in [0, 0.05) is 5.02 Å². The minimum absolute atomic E-state index is 0.330. The number of thioether (sulfide) groups is 1. The molecule has 2 unspecified atom stereocenters. The molecule has 0 aliphatic heterocycles. The summed E-state index contributed by atoms with van der Waals surface area (Å²) in [6.45, 7) is 1.72. The Labute approximate surface area is 115 Å². The van der Waals surface area contributed by atoms with E-state index < -0.39 is 6.10 Å². The summed E-state index contributed by atoms with van der Waals surface area (Å²) in [6.07, 6.45) is 2.79. The first kappa shape index (κ1) is 13.4. The van der Waals surface area contributed by atoms with Gasteiger partial charge in [-0.1, -0.05) is 41.6 Å². The highest BCUT2D eigenvalue weighted by atomic mass is 35.5. The van der Waals surface area contributed by atoms with Crippen molar-refractivity contribution >= 4 is 23.4 Å². The second-order valence-electron chi connectivity index (χ2n) is 3.90.